The molecule has 1 aliphatic carbocycles. The van der Waals surface area contributed by atoms with Crippen molar-refractivity contribution in [1.82, 2.24) is 0 Å². The molecule has 0 bridgehead atoms. The van der Waals surface area contributed by atoms with Gasteiger partial charge in [-0.25, -0.2) is 0 Å². The first-order chi connectivity index (χ1) is 6.55. The molecule has 0 nitrogen and oxygen atoms in total. The van der Waals surface area contributed by atoms with E-state index in [1.807, 2.05) is 0 Å². The summed E-state index contributed by atoms with van der Waals surface area (Å²) in [6.07, 6.45) is 10.2. The molecule has 0 aromatic rings. The second kappa shape index (κ2) is 5.19. The van der Waals surface area contributed by atoms with Crippen LogP contribution in [0.5, 0.6) is 0 Å². The highest BCUT2D eigenvalue weighted by Crippen LogP contribution is 2.40. The van der Waals surface area contributed by atoms with Crippen molar-refractivity contribution in [2.75, 3.05) is 0 Å². The van der Waals surface area contributed by atoms with E-state index in [2.05, 4.69) is 27.7 Å². The zero-order valence-corrected chi connectivity index (χ0v) is 10.6. The molecule has 0 aromatic heterocycles. The van der Waals surface area contributed by atoms with Crippen molar-refractivity contribution >= 4 is 0 Å². The standard InChI is InChI=1S/C14H28/c1-12-10-8-6-5-7-9-11-13(2)14(12,3)4/h12-13H,5-11H2,1-4H3. The molecule has 84 valence electrons. The van der Waals surface area contributed by atoms with Crippen LogP contribution in [-0.2, 0) is 0 Å². The van der Waals surface area contributed by atoms with Crippen LogP contribution in [0.1, 0.15) is 72.6 Å². The largest absolute Gasteiger partial charge is 0.0620 e. The maximum Gasteiger partial charge on any atom is -0.0303 e. The minimum absolute atomic E-state index is 0.553. The van der Waals surface area contributed by atoms with Crippen molar-refractivity contribution in [1.29, 1.82) is 0 Å². The molecule has 0 N–H and O–H groups in total. The fourth-order valence-electron chi connectivity index (χ4n) is 2.66. The highest BCUT2D eigenvalue weighted by Gasteiger charge is 2.31. The SMILES string of the molecule is CC1CCCCCCCC(C)C1(C)C. The van der Waals surface area contributed by atoms with E-state index in [4.69, 9.17) is 0 Å². The Hall–Kier alpha value is 0. The van der Waals surface area contributed by atoms with Crippen molar-refractivity contribution in [3.8, 4) is 0 Å². The Morgan fingerprint density at radius 3 is 1.50 bits per heavy atom. The molecule has 0 aliphatic heterocycles. The number of rotatable bonds is 0. The van der Waals surface area contributed by atoms with E-state index >= 15 is 0 Å². The number of hydrogen-bond acceptors (Lipinski definition) is 0. The van der Waals surface area contributed by atoms with Gasteiger partial charge in [-0.1, -0.05) is 72.6 Å². The first-order valence-electron chi connectivity index (χ1n) is 6.55. The summed E-state index contributed by atoms with van der Waals surface area (Å²) in [6.45, 7) is 9.87. The summed E-state index contributed by atoms with van der Waals surface area (Å²) in [4.78, 5) is 0. The van der Waals surface area contributed by atoms with Crippen LogP contribution in [0, 0.1) is 17.3 Å². The molecule has 1 saturated carbocycles. The predicted molar refractivity (Wildman–Crippen MR) is 64.4 cm³/mol. The Bertz CT molecular complexity index is 141. The Morgan fingerprint density at radius 2 is 1.07 bits per heavy atom. The molecule has 0 amide bonds. The molecule has 1 fully saturated rings. The van der Waals surface area contributed by atoms with Crippen LogP contribution in [0.2, 0.25) is 0 Å². The molecule has 1 aliphatic rings. The van der Waals surface area contributed by atoms with E-state index in [-0.39, 0.29) is 0 Å². The first-order valence-corrected chi connectivity index (χ1v) is 6.55. The summed E-state index contributed by atoms with van der Waals surface area (Å²) in [6, 6.07) is 0. The average Bonchev–Trinajstić information content (AvgIpc) is 2.14. The molecule has 2 unspecified atom stereocenters. The van der Waals surface area contributed by atoms with E-state index in [9.17, 15) is 0 Å². The third kappa shape index (κ3) is 3.00. The molecule has 2 atom stereocenters. The Morgan fingerprint density at radius 1 is 0.714 bits per heavy atom. The fraction of sp³-hybridized carbons (Fsp3) is 1.00. The van der Waals surface area contributed by atoms with Gasteiger partial charge >= 0.3 is 0 Å². The fourth-order valence-corrected chi connectivity index (χ4v) is 2.66. The van der Waals surface area contributed by atoms with E-state index in [1.54, 1.807) is 0 Å². The van der Waals surface area contributed by atoms with Crippen LogP contribution in [0.15, 0.2) is 0 Å². The summed E-state index contributed by atoms with van der Waals surface area (Å²) in [5.74, 6) is 1.80. The van der Waals surface area contributed by atoms with Crippen LogP contribution < -0.4 is 0 Å². The number of hydrogen-bond donors (Lipinski definition) is 0. The van der Waals surface area contributed by atoms with Crippen molar-refractivity contribution < 1.29 is 0 Å². The lowest BCUT2D eigenvalue weighted by atomic mass is 9.67. The van der Waals surface area contributed by atoms with Gasteiger partial charge in [0.1, 0.15) is 0 Å². The average molecular weight is 196 g/mol. The molecule has 0 heterocycles. The van der Waals surface area contributed by atoms with Gasteiger partial charge < -0.3 is 0 Å². The molecule has 1 rings (SSSR count). The Balaban J connectivity index is 2.57. The zero-order chi connectivity index (χ0) is 10.6. The summed E-state index contributed by atoms with van der Waals surface area (Å²) in [7, 11) is 0. The predicted octanol–water partition coefficient (Wildman–Crippen LogP) is 5.03. The molecule has 0 saturated heterocycles. The molecular formula is C14H28. The molecule has 14 heavy (non-hydrogen) atoms. The van der Waals surface area contributed by atoms with Gasteiger partial charge in [-0.2, -0.15) is 0 Å². The highest BCUT2D eigenvalue weighted by atomic mass is 14.4. The van der Waals surface area contributed by atoms with E-state index in [0.717, 1.165) is 11.8 Å². The van der Waals surface area contributed by atoms with Gasteiger partial charge in [-0.15, -0.1) is 0 Å². The van der Waals surface area contributed by atoms with Crippen LogP contribution in [-0.4, -0.2) is 0 Å². The quantitative estimate of drug-likeness (QED) is 0.510. The van der Waals surface area contributed by atoms with Crippen molar-refractivity contribution in [2.24, 2.45) is 17.3 Å². The minimum Gasteiger partial charge on any atom is -0.0620 e. The second-order valence-electron chi connectivity index (χ2n) is 5.97. The Kier molecular flexibility index (Phi) is 4.47. The van der Waals surface area contributed by atoms with Crippen LogP contribution in [0.25, 0.3) is 0 Å². The first kappa shape index (κ1) is 12.1. The highest BCUT2D eigenvalue weighted by molar-refractivity contribution is 4.81. The lowest BCUT2D eigenvalue weighted by Gasteiger charge is -2.38. The van der Waals surface area contributed by atoms with Gasteiger partial charge in [0.25, 0.3) is 0 Å². The Labute approximate surface area is 90.5 Å². The lowest BCUT2D eigenvalue weighted by Crippen LogP contribution is -2.29. The summed E-state index contributed by atoms with van der Waals surface area (Å²) >= 11 is 0. The topological polar surface area (TPSA) is 0 Å². The van der Waals surface area contributed by atoms with Crippen LogP contribution >= 0.6 is 0 Å². The van der Waals surface area contributed by atoms with Crippen molar-refractivity contribution in [3.63, 3.8) is 0 Å². The van der Waals surface area contributed by atoms with Gasteiger partial charge in [-0.05, 0) is 17.3 Å². The normalized spacial score (nSPS) is 35.1. The smallest absolute Gasteiger partial charge is 0.0303 e. The monoisotopic (exact) mass is 196 g/mol. The summed E-state index contributed by atoms with van der Waals surface area (Å²) in [5, 5.41) is 0. The summed E-state index contributed by atoms with van der Waals surface area (Å²) in [5.41, 5.74) is 0.553. The maximum atomic E-state index is 2.48. The van der Waals surface area contributed by atoms with Crippen molar-refractivity contribution in [2.45, 2.75) is 72.6 Å². The van der Waals surface area contributed by atoms with Gasteiger partial charge in [-0.3, -0.25) is 0 Å². The minimum atomic E-state index is 0.553. The maximum absolute atomic E-state index is 2.48. The molecule has 0 aromatic carbocycles. The van der Waals surface area contributed by atoms with Gasteiger partial charge in [0.15, 0.2) is 0 Å². The van der Waals surface area contributed by atoms with E-state index in [0.29, 0.717) is 5.41 Å². The third-order valence-electron chi connectivity index (χ3n) is 4.81. The van der Waals surface area contributed by atoms with Gasteiger partial charge in [0, 0.05) is 0 Å². The molecule has 0 radical (unpaired) electrons. The second-order valence-corrected chi connectivity index (χ2v) is 5.97. The summed E-state index contributed by atoms with van der Waals surface area (Å²) < 4.78 is 0. The molecule has 0 heteroatoms. The zero-order valence-electron chi connectivity index (χ0n) is 10.6. The third-order valence-corrected chi connectivity index (χ3v) is 4.81. The van der Waals surface area contributed by atoms with Crippen molar-refractivity contribution in [3.05, 3.63) is 0 Å². The van der Waals surface area contributed by atoms with Crippen LogP contribution in [0.4, 0.5) is 0 Å². The van der Waals surface area contributed by atoms with E-state index < -0.39 is 0 Å². The lowest BCUT2D eigenvalue weighted by molar-refractivity contribution is 0.115. The van der Waals surface area contributed by atoms with E-state index in [1.165, 1.54) is 44.9 Å². The molecule has 0 spiro atoms. The van der Waals surface area contributed by atoms with Gasteiger partial charge in [0.2, 0.25) is 0 Å². The van der Waals surface area contributed by atoms with Gasteiger partial charge in [0.05, 0.1) is 0 Å². The molecular weight excluding hydrogens is 168 g/mol. The van der Waals surface area contributed by atoms with Crippen LogP contribution in [0.3, 0.4) is 0 Å².